The molecule has 10 heavy (non-hydrogen) atoms. The van der Waals surface area contributed by atoms with Crippen molar-refractivity contribution in [2.45, 2.75) is 6.92 Å². The van der Waals surface area contributed by atoms with Crippen LogP contribution in [0.3, 0.4) is 0 Å². The van der Waals surface area contributed by atoms with Crippen LogP contribution in [0.4, 0.5) is 4.39 Å². The molecule has 0 atom stereocenters. The van der Waals surface area contributed by atoms with Gasteiger partial charge in [0.15, 0.2) is 0 Å². The molecule has 0 aromatic carbocycles. The number of rotatable bonds is 3. The van der Waals surface area contributed by atoms with Crippen molar-refractivity contribution < 1.29 is 4.39 Å². The topological polar surface area (TPSA) is 12.0 Å². The van der Waals surface area contributed by atoms with E-state index in [4.69, 9.17) is 0 Å². The van der Waals surface area contributed by atoms with Gasteiger partial charge in [0.1, 0.15) is 5.83 Å². The summed E-state index contributed by atoms with van der Waals surface area (Å²) in [5.41, 5.74) is 0.914. The molecule has 1 nitrogen and oxygen atoms in total. The summed E-state index contributed by atoms with van der Waals surface area (Å²) in [6, 6.07) is 0. The van der Waals surface area contributed by atoms with E-state index in [1.165, 1.54) is 12.2 Å². The van der Waals surface area contributed by atoms with Crippen LogP contribution >= 0.6 is 0 Å². The molecule has 0 bridgehead atoms. The fourth-order valence-electron chi connectivity index (χ4n) is 0.356. The van der Waals surface area contributed by atoms with Crippen LogP contribution in [0.1, 0.15) is 6.92 Å². The lowest BCUT2D eigenvalue weighted by Gasteiger charge is -1.93. The van der Waals surface area contributed by atoms with Gasteiger partial charge in [-0.25, -0.2) is 4.39 Å². The van der Waals surface area contributed by atoms with E-state index >= 15 is 0 Å². The third-order valence-electron chi connectivity index (χ3n) is 1.08. The number of hydrogen-bond acceptors (Lipinski definition) is 1. The van der Waals surface area contributed by atoms with E-state index in [1.807, 2.05) is 6.92 Å². The highest BCUT2D eigenvalue weighted by Gasteiger charge is 1.81. The molecule has 0 amide bonds. The average Bonchev–Trinajstić information content (AvgIpc) is 1.99. The third-order valence-corrected chi connectivity index (χ3v) is 1.08. The van der Waals surface area contributed by atoms with Gasteiger partial charge in [0, 0.05) is 12.7 Å². The van der Waals surface area contributed by atoms with Crippen molar-refractivity contribution in [2.75, 3.05) is 7.05 Å². The van der Waals surface area contributed by atoms with Gasteiger partial charge in [0.25, 0.3) is 0 Å². The maximum atomic E-state index is 12.3. The monoisotopic (exact) mass is 141 g/mol. The molecule has 0 aliphatic rings. The molecule has 2 heteroatoms. The van der Waals surface area contributed by atoms with Crippen LogP contribution in [-0.4, -0.2) is 7.05 Å². The van der Waals surface area contributed by atoms with Gasteiger partial charge in [-0.15, -0.1) is 0 Å². The molecule has 0 aromatic heterocycles. The van der Waals surface area contributed by atoms with Crippen molar-refractivity contribution in [3.8, 4) is 0 Å². The first-order chi connectivity index (χ1) is 4.70. The first kappa shape index (κ1) is 8.95. The zero-order chi connectivity index (χ0) is 7.98. The Bertz CT molecular complexity index is 168. The fourth-order valence-corrected chi connectivity index (χ4v) is 0.356. The summed E-state index contributed by atoms with van der Waals surface area (Å²) in [5, 5.41) is 2.86. The van der Waals surface area contributed by atoms with Crippen LogP contribution in [-0.2, 0) is 0 Å². The molecule has 0 rings (SSSR count). The van der Waals surface area contributed by atoms with Crippen molar-refractivity contribution in [3.05, 3.63) is 36.3 Å². The zero-order valence-electron chi connectivity index (χ0n) is 6.32. The second-order valence-electron chi connectivity index (χ2n) is 1.86. The average molecular weight is 141 g/mol. The van der Waals surface area contributed by atoms with Gasteiger partial charge >= 0.3 is 0 Å². The quantitative estimate of drug-likeness (QED) is 0.594. The normalized spacial score (nSPS) is 13.1. The first-order valence-corrected chi connectivity index (χ1v) is 3.05. The second kappa shape index (κ2) is 4.79. The standard InChI is InChI=1S/C8H12FN/c1-4-8(9)6-5-7(2)10-3/h4-6,10H,1H2,2-3H3/b7-5+,8-6+. The number of nitrogens with one attached hydrogen (secondary N) is 1. The lowest BCUT2D eigenvalue weighted by molar-refractivity contribution is 0.667. The van der Waals surface area contributed by atoms with Crippen LogP contribution < -0.4 is 5.32 Å². The third kappa shape index (κ3) is 3.89. The molecular weight excluding hydrogens is 129 g/mol. The van der Waals surface area contributed by atoms with Gasteiger partial charge in [0.2, 0.25) is 0 Å². The molecule has 0 aliphatic carbocycles. The smallest absolute Gasteiger partial charge is 0.122 e. The molecule has 1 N–H and O–H groups in total. The fraction of sp³-hybridized carbons (Fsp3) is 0.250. The molecule has 0 saturated heterocycles. The Hall–Kier alpha value is -1.05. The summed E-state index contributed by atoms with van der Waals surface area (Å²) < 4.78 is 12.3. The van der Waals surface area contributed by atoms with E-state index in [1.54, 1.807) is 13.1 Å². The predicted octanol–water partition coefficient (Wildman–Crippen LogP) is 2.15. The van der Waals surface area contributed by atoms with E-state index in [0.29, 0.717) is 0 Å². The number of allylic oxidation sites excluding steroid dienone is 5. The summed E-state index contributed by atoms with van der Waals surface area (Å²) in [6.45, 7) is 5.13. The molecule has 0 spiro atoms. The van der Waals surface area contributed by atoms with Gasteiger partial charge in [-0.05, 0) is 25.2 Å². The molecule has 0 aliphatic heterocycles. The molecular formula is C8H12FN. The molecule has 0 fully saturated rings. The highest BCUT2D eigenvalue weighted by atomic mass is 19.1. The highest BCUT2D eigenvalue weighted by Crippen LogP contribution is 1.97. The van der Waals surface area contributed by atoms with Crippen molar-refractivity contribution in [1.82, 2.24) is 5.32 Å². The Morgan fingerprint density at radius 2 is 2.10 bits per heavy atom. The van der Waals surface area contributed by atoms with Crippen molar-refractivity contribution in [3.63, 3.8) is 0 Å². The highest BCUT2D eigenvalue weighted by molar-refractivity contribution is 5.17. The summed E-state index contributed by atoms with van der Waals surface area (Å²) >= 11 is 0. The van der Waals surface area contributed by atoms with Crippen LogP contribution in [0.2, 0.25) is 0 Å². The van der Waals surface area contributed by atoms with Gasteiger partial charge in [-0.1, -0.05) is 6.58 Å². The van der Waals surface area contributed by atoms with E-state index in [9.17, 15) is 4.39 Å². The second-order valence-corrected chi connectivity index (χ2v) is 1.86. The van der Waals surface area contributed by atoms with Crippen LogP contribution in [0.25, 0.3) is 0 Å². The zero-order valence-corrected chi connectivity index (χ0v) is 6.32. The van der Waals surface area contributed by atoms with Gasteiger partial charge in [-0.2, -0.15) is 0 Å². The van der Waals surface area contributed by atoms with Crippen molar-refractivity contribution in [1.29, 1.82) is 0 Å². The SMILES string of the molecule is C=C/C(F)=C\C=C(/C)NC. The summed E-state index contributed by atoms with van der Waals surface area (Å²) in [5.74, 6) is -0.324. The Labute approximate surface area is 60.9 Å². The lowest BCUT2D eigenvalue weighted by atomic mass is 10.4. The largest absolute Gasteiger partial charge is 0.392 e. The summed E-state index contributed by atoms with van der Waals surface area (Å²) in [4.78, 5) is 0. The molecule has 0 heterocycles. The van der Waals surface area contributed by atoms with Crippen molar-refractivity contribution >= 4 is 0 Å². The Morgan fingerprint density at radius 3 is 2.50 bits per heavy atom. The van der Waals surface area contributed by atoms with Gasteiger partial charge in [-0.3, -0.25) is 0 Å². The minimum atomic E-state index is -0.324. The van der Waals surface area contributed by atoms with Crippen LogP contribution in [0.5, 0.6) is 0 Å². The molecule has 0 saturated carbocycles. The molecule has 56 valence electrons. The van der Waals surface area contributed by atoms with Crippen LogP contribution in [0.15, 0.2) is 36.3 Å². The molecule has 0 aromatic rings. The van der Waals surface area contributed by atoms with E-state index < -0.39 is 0 Å². The summed E-state index contributed by atoms with van der Waals surface area (Å²) in [7, 11) is 1.78. The molecule has 0 unspecified atom stereocenters. The molecule has 0 radical (unpaired) electrons. The van der Waals surface area contributed by atoms with Gasteiger partial charge < -0.3 is 5.32 Å². The number of halogens is 1. The minimum Gasteiger partial charge on any atom is -0.392 e. The lowest BCUT2D eigenvalue weighted by Crippen LogP contribution is -2.00. The van der Waals surface area contributed by atoms with Gasteiger partial charge in [0.05, 0.1) is 0 Å². The van der Waals surface area contributed by atoms with Crippen molar-refractivity contribution in [2.24, 2.45) is 0 Å². The Balaban J connectivity index is 4.03. The first-order valence-electron chi connectivity index (χ1n) is 3.05. The maximum Gasteiger partial charge on any atom is 0.122 e. The number of hydrogen-bond donors (Lipinski definition) is 1. The maximum absolute atomic E-state index is 12.3. The van der Waals surface area contributed by atoms with E-state index in [2.05, 4.69) is 11.9 Å². The van der Waals surface area contributed by atoms with E-state index in [0.717, 1.165) is 5.70 Å². The predicted molar refractivity (Wildman–Crippen MR) is 42.2 cm³/mol. The Kier molecular flexibility index (Phi) is 4.29. The Morgan fingerprint density at radius 1 is 1.50 bits per heavy atom. The van der Waals surface area contributed by atoms with Crippen LogP contribution in [0, 0.1) is 0 Å². The summed E-state index contributed by atoms with van der Waals surface area (Å²) in [6.07, 6.45) is 4.18. The minimum absolute atomic E-state index is 0.324. The van der Waals surface area contributed by atoms with E-state index in [-0.39, 0.29) is 5.83 Å².